The number of pyridine rings is 1. The summed E-state index contributed by atoms with van der Waals surface area (Å²) < 4.78 is 0.990. The van der Waals surface area contributed by atoms with E-state index >= 15 is 0 Å². The van der Waals surface area contributed by atoms with Crippen molar-refractivity contribution in [3.8, 4) is 0 Å². The second kappa shape index (κ2) is 5.64. The van der Waals surface area contributed by atoms with Crippen LogP contribution >= 0.6 is 15.9 Å². The molecule has 0 spiro atoms. The minimum atomic E-state index is 0.175. The highest BCUT2D eigenvalue weighted by atomic mass is 79.9. The van der Waals surface area contributed by atoms with Gasteiger partial charge in [-0.1, -0.05) is 20.8 Å². The highest BCUT2D eigenvalue weighted by Gasteiger charge is 2.23. The van der Waals surface area contributed by atoms with Gasteiger partial charge in [-0.3, -0.25) is 0 Å². The first-order valence-corrected chi connectivity index (χ1v) is 6.31. The molecule has 0 aliphatic heterocycles. The molecule has 0 amide bonds. The van der Waals surface area contributed by atoms with Gasteiger partial charge in [-0.15, -0.1) is 0 Å². The maximum Gasteiger partial charge on any atom is 0.126 e. The van der Waals surface area contributed by atoms with Crippen LogP contribution in [-0.4, -0.2) is 17.6 Å². The fourth-order valence-electron chi connectivity index (χ4n) is 1.53. The zero-order valence-corrected chi connectivity index (χ0v) is 11.7. The molecule has 1 unspecified atom stereocenters. The Labute approximate surface area is 106 Å². The lowest BCUT2D eigenvalue weighted by Gasteiger charge is -2.31. The fraction of sp³-hybridized carbons (Fsp3) is 0.583. The second-order valence-electron chi connectivity index (χ2n) is 5.00. The van der Waals surface area contributed by atoms with Crippen molar-refractivity contribution in [2.75, 3.05) is 11.9 Å². The molecule has 4 heteroatoms. The van der Waals surface area contributed by atoms with Gasteiger partial charge in [0, 0.05) is 16.7 Å². The number of anilines is 1. The van der Waals surface area contributed by atoms with Crippen LogP contribution in [-0.2, 0) is 0 Å². The van der Waals surface area contributed by atoms with Gasteiger partial charge >= 0.3 is 0 Å². The summed E-state index contributed by atoms with van der Waals surface area (Å²) in [5.74, 6) is 0.900. The molecule has 0 aliphatic rings. The summed E-state index contributed by atoms with van der Waals surface area (Å²) in [6.45, 7) is 7.31. The molecular weight excluding hydrogens is 266 g/mol. The van der Waals surface area contributed by atoms with Gasteiger partial charge < -0.3 is 11.1 Å². The van der Waals surface area contributed by atoms with E-state index in [1.54, 1.807) is 6.20 Å². The van der Waals surface area contributed by atoms with Crippen LogP contribution in [0.1, 0.15) is 27.2 Å². The zero-order valence-electron chi connectivity index (χ0n) is 10.1. The van der Waals surface area contributed by atoms with Crippen LogP contribution in [0.25, 0.3) is 0 Å². The molecule has 1 atom stereocenters. The molecule has 1 aromatic heterocycles. The Morgan fingerprint density at radius 3 is 2.56 bits per heavy atom. The summed E-state index contributed by atoms with van der Waals surface area (Å²) in [5.41, 5.74) is 5.81. The van der Waals surface area contributed by atoms with Crippen molar-refractivity contribution >= 4 is 21.7 Å². The highest BCUT2D eigenvalue weighted by molar-refractivity contribution is 9.10. The number of rotatable bonds is 4. The minimum absolute atomic E-state index is 0.175. The van der Waals surface area contributed by atoms with E-state index in [9.17, 15) is 0 Å². The van der Waals surface area contributed by atoms with Crippen LogP contribution in [0.5, 0.6) is 0 Å². The normalized spacial score (nSPS) is 13.6. The molecule has 3 nitrogen and oxygen atoms in total. The number of nitrogens with one attached hydrogen (secondary N) is 1. The number of hydrogen-bond donors (Lipinski definition) is 2. The van der Waals surface area contributed by atoms with Gasteiger partial charge in [-0.2, -0.15) is 0 Å². The van der Waals surface area contributed by atoms with E-state index in [0.29, 0.717) is 12.6 Å². The Morgan fingerprint density at radius 2 is 2.12 bits per heavy atom. The van der Waals surface area contributed by atoms with Gasteiger partial charge in [0.15, 0.2) is 0 Å². The van der Waals surface area contributed by atoms with Crippen molar-refractivity contribution in [3.05, 3.63) is 22.8 Å². The standard InChI is InChI=1S/C12H20BrN3/c1-12(2,3)10(6-7-14)16-11-5-4-9(13)8-15-11/h4-5,8,10H,6-7,14H2,1-3H3,(H,15,16). The Morgan fingerprint density at radius 1 is 1.44 bits per heavy atom. The first kappa shape index (κ1) is 13.5. The van der Waals surface area contributed by atoms with Crippen LogP contribution in [0.2, 0.25) is 0 Å². The highest BCUT2D eigenvalue weighted by Crippen LogP contribution is 2.24. The van der Waals surface area contributed by atoms with Crippen LogP contribution < -0.4 is 11.1 Å². The molecule has 0 aliphatic carbocycles. The van der Waals surface area contributed by atoms with E-state index in [1.165, 1.54) is 0 Å². The number of aromatic nitrogens is 1. The SMILES string of the molecule is CC(C)(C)C(CCN)Nc1ccc(Br)cn1. The summed E-state index contributed by atoms with van der Waals surface area (Å²) in [4.78, 5) is 4.32. The Balaban J connectivity index is 2.72. The largest absolute Gasteiger partial charge is 0.367 e. The van der Waals surface area contributed by atoms with E-state index in [0.717, 1.165) is 16.7 Å². The van der Waals surface area contributed by atoms with E-state index < -0.39 is 0 Å². The van der Waals surface area contributed by atoms with E-state index in [-0.39, 0.29) is 5.41 Å². The predicted molar refractivity (Wildman–Crippen MR) is 72.5 cm³/mol. The van der Waals surface area contributed by atoms with Gasteiger partial charge in [0.1, 0.15) is 5.82 Å². The Bertz CT molecular complexity index is 316. The maximum absolute atomic E-state index is 5.64. The molecular formula is C12H20BrN3. The molecule has 3 N–H and O–H groups in total. The first-order chi connectivity index (χ1) is 7.43. The van der Waals surface area contributed by atoms with Crippen LogP contribution in [0, 0.1) is 5.41 Å². The average molecular weight is 286 g/mol. The molecule has 0 fully saturated rings. The number of hydrogen-bond acceptors (Lipinski definition) is 3. The molecule has 0 saturated carbocycles. The summed E-state index contributed by atoms with van der Waals surface area (Å²) in [6, 6.07) is 4.29. The molecule has 16 heavy (non-hydrogen) atoms. The molecule has 0 bridgehead atoms. The molecule has 0 saturated heterocycles. The minimum Gasteiger partial charge on any atom is -0.367 e. The first-order valence-electron chi connectivity index (χ1n) is 5.51. The second-order valence-corrected chi connectivity index (χ2v) is 5.92. The topological polar surface area (TPSA) is 50.9 Å². The van der Waals surface area contributed by atoms with Crippen molar-refractivity contribution in [3.63, 3.8) is 0 Å². The lowest BCUT2D eigenvalue weighted by Crippen LogP contribution is -2.36. The van der Waals surface area contributed by atoms with Crippen molar-refractivity contribution < 1.29 is 0 Å². The Hall–Kier alpha value is -0.610. The third-order valence-corrected chi connectivity index (χ3v) is 3.02. The molecule has 0 aromatic carbocycles. The number of halogens is 1. The van der Waals surface area contributed by atoms with Crippen molar-refractivity contribution in [1.82, 2.24) is 4.98 Å². The van der Waals surface area contributed by atoms with Crippen molar-refractivity contribution in [2.24, 2.45) is 11.1 Å². The van der Waals surface area contributed by atoms with E-state index in [2.05, 4.69) is 47.0 Å². The summed E-state index contributed by atoms with van der Waals surface area (Å²) in [6.07, 6.45) is 2.74. The summed E-state index contributed by atoms with van der Waals surface area (Å²) in [5, 5.41) is 3.44. The van der Waals surface area contributed by atoms with E-state index in [1.807, 2.05) is 12.1 Å². The van der Waals surface area contributed by atoms with Crippen LogP contribution in [0.4, 0.5) is 5.82 Å². The Kier molecular flexibility index (Phi) is 4.74. The smallest absolute Gasteiger partial charge is 0.126 e. The molecule has 1 aromatic rings. The summed E-state index contributed by atoms with van der Waals surface area (Å²) >= 11 is 3.37. The van der Waals surface area contributed by atoms with Crippen LogP contribution in [0.15, 0.2) is 22.8 Å². The number of nitrogens with zero attached hydrogens (tertiary/aromatic N) is 1. The maximum atomic E-state index is 5.64. The van der Waals surface area contributed by atoms with Crippen molar-refractivity contribution in [2.45, 2.75) is 33.2 Å². The molecule has 0 radical (unpaired) electrons. The van der Waals surface area contributed by atoms with Gasteiger partial charge in [0.05, 0.1) is 0 Å². The summed E-state index contributed by atoms with van der Waals surface area (Å²) in [7, 11) is 0. The lowest BCUT2D eigenvalue weighted by atomic mass is 9.85. The van der Waals surface area contributed by atoms with Crippen molar-refractivity contribution in [1.29, 1.82) is 0 Å². The van der Waals surface area contributed by atoms with Gasteiger partial charge in [-0.05, 0) is 46.4 Å². The van der Waals surface area contributed by atoms with E-state index in [4.69, 9.17) is 5.73 Å². The third-order valence-electron chi connectivity index (χ3n) is 2.55. The predicted octanol–water partition coefficient (Wildman–Crippen LogP) is 3.02. The third kappa shape index (κ3) is 4.10. The van der Waals surface area contributed by atoms with Gasteiger partial charge in [-0.25, -0.2) is 4.98 Å². The van der Waals surface area contributed by atoms with Gasteiger partial charge in [0.2, 0.25) is 0 Å². The number of nitrogens with two attached hydrogens (primary N) is 1. The average Bonchev–Trinajstić information content (AvgIpc) is 2.19. The fourth-order valence-corrected chi connectivity index (χ4v) is 1.76. The quantitative estimate of drug-likeness (QED) is 0.894. The molecule has 90 valence electrons. The van der Waals surface area contributed by atoms with Crippen LogP contribution in [0.3, 0.4) is 0 Å². The molecule has 1 heterocycles. The molecule has 1 rings (SSSR count). The monoisotopic (exact) mass is 285 g/mol. The van der Waals surface area contributed by atoms with Gasteiger partial charge in [0.25, 0.3) is 0 Å². The lowest BCUT2D eigenvalue weighted by molar-refractivity contribution is 0.328. The zero-order chi connectivity index (χ0) is 12.2.